The Morgan fingerprint density at radius 3 is 2.40 bits per heavy atom. The first-order chi connectivity index (χ1) is 7.00. The molecule has 0 spiro atoms. The van der Waals surface area contributed by atoms with Gasteiger partial charge < -0.3 is 11.1 Å². The molecule has 2 heteroatoms. The Morgan fingerprint density at radius 1 is 1.27 bits per heavy atom. The molecule has 0 unspecified atom stereocenters. The van der Waals surface area contributed by atoms with E-state index in [0.717, 1.165) is 24.2 Å². The van der Waals surface area contributed by atoms with Crippen molar-refractivity contribution in [1.82, 2.24) is 0 Å². The van der Waals surface area contributed by atoms with E-state index in [0.29, 0.717) is 0 Å². The van der Waals surface area contributed by atoms with E-state index in [9.17, 15) is 0 Å². The number of nitrogen functional groups attached to an aromatic ring is 1. The zero-order valence-electron chi connectivity index (χ0n) is 10.2. The molecule has 0 aliphatic rings. The first-order valence-electron chi connectivity index (χ1n) is 5.65. The van der Waals surface area contributed by atoms with Crippen LogP contribution in [0.4, 0.5) is 11.4 Å². The smallest absolute Gasteiger partial charge is 0.0394 e. The van der Waals surface area contributed by atoms with Crippen LogP contribution in [0.1, 0.15) is 39.2 Å². The molecule has 0 amide bonds. The molecule has 1 aromatic rings. The van der Waals surface area contributed by atoms with Gasteiger partial charge in [-0.2, -0.15) is 0 Å². The number of anilines is 2. The normalized spacial score (nSPS) is 11.5. The molecule has 0 fully saturated rings. The van der Waals surface area contributed by atoms with Gasteiger partial charge in [-0.25, -0.2) is 0 Å². The Labute approximate surface area is 92.9 Å². The molecule has 0 bridgehead atoms. The van der Waals surface area contributed by atoms with Gasteiger partial charge in [0.15, 0.2) is 0 Å². The lowest BCUT2D eigenvalue weighted by atomic mass is 9.94. The lowest BCUT2D eigenvalue weighted by Gasteiger charge is -2.30. The Morgan fingerprint density at radius 2 is 1.87 bits per heavy atom. The molecule has 0 aromatic heterocycles. The van der Waals surface area contributed by atoms with Crippen molar-refractivity contribution in [2.75, 3.05) is 11.1 Å². The third kappa shape index (κ3) is 2.88. The summed E-state index contributed by atoms with van der Waals surface area (Å²) < 4.78 is 0. The summed E-state index contributed by atoms with van der Waals surface area (Å²) >= 11 is 0. The summed E-state index contributed by atoms with van der Waals surface area (Å²) in [4.78, 5) is 0. The summed E-state index contributed by atoms with van der Waals surface area (Å²) in [5.74, 6) is 0. The Hall–Kier alpha value is -1.18. The van der Waals surface area contributed by atoms with Crippen LogP contribution < -0.4 is 11.1 Å². The lowest BCUT2D eigenvalue weighted by Crippen LogP contribution is -2.33. The third-order valence-corrected chi connectivity index (χ3v) is 3.26. The second-order valence-corrected chi connectivity index (χ2v) is 4.47. The largest absolute Gasteiger partial charge is 0.399 e. The topological polar surface area (TPSA) is 38.0 Å². The van der Waals surface area contributed by atoms with Crippen LogP contribution in [-0.2, 0) is 0 Å². The first-order valence-corrected chi connectivity index (χ1v) is 5.65. The maximum absolute atomic E-state index is 5.79. The van der Waals surface area contributed by atoms with E-state index in [1.165, 1.54) is 5.56 Å². The van der Waals surface area contributed by atoms with E-state index in [4.69, 9.17) is 5.73 Å². The highest BCUT2D eigenvalue weighted by Gasteiger charge is 2.19. The summed E-state index contributed by atoms with van der Waals surface area (Å²) in [6.07, 6.45) is 2.22. The maximum atomic E-state index is 5.79. The van der Waals surface area contributed by atoms with Crippen LogP contribution in [0.3, 0.4) is 0 Å². The zero-order chi connectivity index (χ0) is 11.5. The van der Waals surface area contributed by atoms with E-state index in [2.05, 4.69) is 39.1 Å². The SMILES string of the molecule is CCC(C)(CC)Nc1cc(N)ccc1C. The summed E-state index contributed by atoms with van der Waals surface area (Å²) in [7, 11) is 0. The second-order valence-electron chi connectivity index (χ2n) is 4.47. The van der Waals surface area contributed by atoms with Crippen molar-refractivity contribution in [3.8, 4) is 0 Å². The number of hydrogen-bond acceptors (Lipinski definition) is 2. The van der Waals surface area contributed by atoms with Crippen molar-refractivity contribution in [2.24, 2.45) is 0 Å². The number of rotatable bonds is 4. The fourth-order valence-corrected chi connectivity index (χ4v) is 1.53. The molecule has 2 nitrogen and oxygen atoms in total. The molecule has 0 aliphatic heterocycles. The van der Waals surface area contributed by atoms with Gasteiger partial charge in [-0.15, -0.1) is 0 Å². The lowest BCUT2D eigenvalue weighted by molar-refractivity contribution is 0.478. The fourth-order valence-electron chi connectivity index (χ4n) is 1.53. The number of aryl methyl sites for hydroxylation is 1. The van der Waals surface area contributed by atoms with E-state index in [1.807, 2.05) is 12.1 Å². The quantitative estimate of drug-likeness (QED) is 0.739. The molecule has 0 heterocycles. The van der Waals surface area contributed by atoms with Crippen LogP contribution in [-0.4, -0.2) is 5.54 Å². The van der Waals surface area contributed by atoms with E-state index in [-0.39, 0.29) is 5.54 Å². The van der Waals surface area contributed by atoms with E-state index < -0.39 is 0 Å². The average molecular weight is 206 g/mol. The van der Waals surface area contributed by atoms with Crippen LogP contribution in [0.5, 0.6) is 0 Å². The molecule has 84 valence electrons. The highest BCUT2D eigenvalue weighted by atomic mass is 15.0. The monoisotopic (exact) mass is 206 g/mol. The van der Waals surface area contributed by atoms with E-state index >= 15 is 0 Å². The third-order valence-electron chi connectivity index (χ3n) is 3.26. The number of benzene rings is 1. The van der Waals surface area contributed by atoms with Crippen LogP contribution in [0.25, 0.3) is 0 Å². The van der Waals surface area contributed by atoms with Crippen molar-refractivity contribution in [2.45, 2.75) is 46.1 Å². The van der Waals surface area contributed by atoms with Gasteiger partial charge in [0.05, 0.1) is 0 Å². The highest BCUT2D eigenvalue weighted by Crippen LogP contribution is 2.25. The van der Waals surface area contributed by atoms with Gasteiger partial charge in [0.2, 0.25) is 0 Å². The Kier molecular flexibility index (Phi) is 3.61. The van der Waals surface area contributed by atoms with Crippen LogP contribution in [0.2, 0.25) is 0 Å². The summed E-state index contributed by atoms with van der Waals surface area (Å²) in [5, 5.41) is 3.58. The zero-order valence-corrected chi connectivity index (χ0v) is 10.2. The minimum absolute atomic E-state index is 0.165. The molecular formula is C13H22N2. The fraction of sp³-hybridized carbons (Fsp3) is 0.538. The van der Waals surface area contributed by atoms with Crippen LogP contribution in [0, 0.1) is 6.92 Å². The number of hydrogen-bond donors (Lipinski definition) is 2. The molecular weight excluding hydrogens is 184 g/mol. The predicted molar refractivity (Wildman–Crippen MR) is 68.2 cm³/mol. The second kappa shape index (κ2) is 4.56. The van der Waals surface area contributed by atoms with Gasteiger partial charge in [0.25, 0.3) is 0 Å². The van der Waals surface area contributed by atoms with Crippen molar-refractivity contribution in [3.63, 3.8) is 0 Å². The van der Waals surface area contributed by atoms with Crippen LogP contribution >= 0.6 is 0 Å². The maximum Gasteiger partial charge on any atom is 0.0394 e. The molecule has 0 saturated carbocycles. The average Bonchev–Trinajstić information content (AvgIpc) is 2.23. The summed E-state index contributed by atoms with van der Waals surface area (Å²) in [5.41, 5.74) is 9.17. The summed E-state index contributed by atoms with van der Waals surface area (Å²) in [6, 6.07) is 6.01. The molecule has 0 aliphatic carbocycles. The van der Waals surface area contributed by atoms with Gasteiger partial charge >= 0.3 is 0 Å². The van der Waals surface area contributed by atoms with Crippen LogP contribution in [0.15, 0.2) is 18.2 Å². The molecule has 1 aromatic carbocycles. The van der Waals surface area contributed by atoms with Crippen molar-refractivity contribution < 1.29 is 0 Å². The molecule has 0 saturated heterocycles. The standard InChI is InChI=1S/C13H22N2/c1-5-13(4,6-2)15-12-9-11(14)8-7-10(12)3/h7-9,15H,5-6,14H2,1-4H3. The molecule has 1 rings (SSSR count). The summed E-state index contributed by atoms with van der Waals surface area (Å²) in [6.45, 7) is 8.76. The molecule has 15 heavy (non-hydrogen) atoms. The van der Waals surface area contributed by atoms with Crippen molar-refractivity contribution in [1.29, 1.82) is 0 Å². The minimum atomic E-state index is 0.165. The van der Waals surface area contributed by atoms with E-state index in [1.54, 1.807) is 0 Å². The Balaban J connectivity index is 2.92. The van der Waals surface area contributed by atoms with Crippen molar-refractivity contribution in [3.05, 3.63) is 23.8 Å². The molecule has 3 N–H and O–H groups in total. The van der Waals surface area contributed by atoms with Gasteiger partial charge in [-0.05, 0) is 44.4 Å². The Bertz CT molecular complexity index is 327. The van der Waals surface area contributed by atoms with Gasteiger partial charge in [-0.3, -0.25) is 0 Å². The molecule has 0 atom stereocenters. The predicted octanol–water partition coefficient (Wildman–Crippen LogP) is 3.57. The minimum Gasteiger partial charge on any atom is -0.399 e. The highest BCUT2D eigenvalue weighted by molar-refractivity contribution is 5.60. The first kappa shape index (κ1) is 11.9. The van der Waals surface area contributed by atoms with Crippen molar-refractivity contribution >= 4 is 11.4 Å². The van der Waals surface area contributed by atoms with Gasteiger partial charge in [0.1, 0.15) is 0 Å². The van der Waals surface area contributed by atoms with Gasteiger partial charge in [-0.1, -0.05) is 19.9 Å². The number of nitrogens with two attached hydrogens (primary N) is 1. The number of nitrogens with one attached hydrogen (secondary N) is 1. The molecule has 0 radical (unpaired) electrons. The van der Waals surface area contributed by atoms with Gasteiger partial charge in [0, 0.05) is 16.9 Å².